The smallest absolute Gasteiger partial charge is 0.317 e. The van der Waals surface area contributed by atoms with Crippen LogP contribution in [0.15, 0.2) is 17.5 Å². The summed E-state index contributed by atoms with van der Waals surface area (Å²) in [5.41, 5.74) is 0. The lowest BCUT2D eigenvalue weighted by atomic mass is 10.2. The van der Waals surface area contributed by atoms with Gasteiger partial charge in [0.15, 0.2) is 0 Å². The highest BCUT2D eigenvalue weighted by Crippen LogP contribution is 2.18. The lowest BCUT2D eigenvalue weighted by molar-refractivity contribution is 0.167. The molecule has 7 nitrogen and oxygen atoms in total. The molecule has 2 amide bonds. The molecule has 0 spiro atoms. The van der Waals surface area contributed by atoms with Crippen LogP contribution >= 0.6 is 11.3 Å². The van der Waals surface area contributed by atoms with Crippen LogP contribution in [0.1, 0.15) is 24.6 Å². The molecule has 1 aromatic heterocycles. The van der Waals surface area contributed by atoms with Gasteiger partial charge in [0.25, 0.3) is 10.2 Å². The molecule has 0 aliphatic carbocycles. The summed E-state index contributed by atoms with van der Waals surface area (Å²) in [7, 11) is -3.36. The molecule has 0 unspecified atom stereocenters. The number of carbonyl (C=O) groups is 1. The summed E-state index contributed by atoms with van der Waals surface area (Å²) in [5.74, 6) is 0. The zero-order valence-electron chi connectivity index (χ0n) is 14.6. The van der Waals surface area contributed by atoms with Crippen LogP contribution in [0.25, 0.3) is 0 Å². The fraction of sp³-hybridized carbons (Fsp3) is 0.688. The molecule has 1 aromatic rings. The standard InChI is InChI=1S/C16H26N4O3S2/c1-14(13-15-5-4-12-24-15)17-16(21)18-8-10-20(11-9-18)25(22,23)19-6-2-3-7-19/h4-5,12,14H,2-3,6-11,13H2,1H3,(H,17,21)/t14-/m0/s1. The van der Waals surface area contributed by atoms with E-state index < -0.39 is 10.2 Å². The Hall–Kier alpha value is -1.16. The van der Waals surface area contributed by atoms with Crippen LogP contribution in [-0.4, -0.2) is 73.3 Å². The van der Waals surface area contributed by atoms with Crippen molar-refractivity contribution in [3.05, 3.63) is 22.4 Å². The van der Waals surface area contributed by atoms with Gasteiger partial charge in [-0.1, -0.05) is 6.07 Å². The summed E-state index contributed by atoms with van der Waals surface area (Å²) in [6.45, 7) is 4.82. The molecular weight excluding hydrogens is 360 g/mol. The maximum Gasteiger partial charge on any atom is 0.317 e. The van der Waals surface area contributed by atoms with Gasteiger partial charge in [0.2, 0.25) is 0 Å². The van der Waals surface area contributed by atoms with Crippen LogP contribution in [0.3, 0.4) is 0 Å². The summed E-state index contributed by atoms with van der Waals surface area (Å²) in [4.78, 5) is 15.3. The minimum Gasteiger partial charge on any atom is -0.335 e. The Morgan fingerprint density at radius 2 is 1.80 bits per heavy atom. The number of piperazine rings is 1. The van der Waals surface area contributed by atoms with Gasteiger partial charge in [-0.2, -0.15) is 17.0 Å². The Balaban J connectivity index is 1.47. The number of carbonyl (C=O) groups excluding carboxylic acids is 1. The summed E-state index contributed by atoms with van der Waals surface area (Å²) in [5, 5.41) is 5.04. The van der Waals surface area contributed by atoms with Crippen molar-refractivity contribution in [2.24, 2.45) is 0 Å². The Morgan fingerprint density at radius 1 is 1.16 bits per heavy atom. The van der Waals surface area contributed by atoms with Crippen LogP contribution in [0.2, 0.25) is 0 Å². The van der Waals surface area contributed by atoms with Crippen molar-refractivity contribution in [1.29, 1.82) is 0 Å². The summed E-state index contributed by atoms with van der Waals surface area (Å²) < 4.78 is 28.2. The summed E-state index contributed by atoms with van der Waals surface area (Å²) in [6.07, 6.45) is 2.68. The highest BCUT2D eigenvalue weighted by molar-refractivity contribution is 7.86. The van der Waals surface area contributed by atoms with Gasteiger partial charge in [-0.25, -0.2) is 4.79 Å². The van der Waals surface area contributed by atoms with E-state index in [2.05, 4.69) is 11.4 Å². The zero-order valence-corrected chi connectivity index (χ0v) is 16.2. The third-order valence-electron chi connectivity index (χ3n) is 4.70. The van der Waals surface area contributed by atoms with Crippen molar-refractivity contribution < 1.29 is 13.2 Å². The van der Waals surface area contributed by atoms with Gasteiger partial charge in [-0.15, -0.1) is 11.3 Å². The van der Waals surface area contributed by atoms with Gasteiger partial charge in [-0.3, -0.25) is 0 Å². The fourth-order valence-corrected chi connectivity index (χ4v) is 5.79. The van der Waals surface area contributed by atoms with E-state index in [1.54, 1.807) is 20.5 Å². The SMILES string of the molecule is C[C@@H](Cc1cccs1)NC(=O)N1CCN(S(=O)(=O)N2CCCC2)CC1. The second-order valence-corrected chi connectivity index (χ2v) is 9.59. The van der Waals surface area contributed by atoms with Gasteiger partial charge in [-0.05, 0) is 31.2 Å². The first-order valence-electron chi connectivity index (χ1n) is 8.80. The topological polar surface area (TPSA) is 73.0 Å². The number of thiophene rings is 1. The normalized spacial score (nSPS) is 21.4. The van der Waals surface area contributed by atoms with Crippen molar-refractivity contribution in [1.82, 2.24) is 18.8 Å². The first-order chi connectivity index (χ1) is 12.0. The molecule has 0 bridgehead atoms. The van der Waals surface area contributed by atoms with Crippen molar-refractivity contribution in [3.63, 3.8) is 0 Å². The first kappa shape index (κ1) is 18.6. The van der Waals surface area contributed by atoms with E-state index in [1.807, 2.05) is 18.4 Å². The predicted molar refractivity (Wildman–Crippen MR) is 98.9 cm³/mol. The number of amides is 2. The van der Waals surface area contributed by atoms with Crippen molar-refractivity contribution in [2.75, 3.05) is 39.3 Å². The Labute approximate surface area is 153 Å². The quantitative estimate of drug-likeness (QED) is 0.830. The molecule has 25 heavy (non-hydrogen) atoms. The number of hydrogen-bond acceptors (Lipinski definition) is 4. The molecule has 2 aliphatic rings. The molecular formula is C16H26N4O3S2. The average molecular weight is 387 g/mol. The highest BCUT2D eigenvalue weighted by Gasteiger charge is 2.34. The monoisotopic (exact) mass is 386 g/mol. The molecule has 3 rings (SSSR count). The van der Waals surface area contributed by atoms with E-state index in [-0.39, 0.29) is 12.1 Å². The third kappa shape index (κ3) is 4.52. The third-order valence-corrected chi connectivity index (χ3v) is 7.63. The molecule has 0 radical (unpaired) electrons. The summed E-state index contributed by atoms with van der Waals surface area (Å²) >= 11 is 1.69. The average Bonchev–Trinajstić information content (AvgIpc) is 3.28. The number of urea groups is 1. The number of nitrogens with zero attached hydrogens (tertiary/aromatic N) is 3. The van der Waals surface area contributed by atoms with Gasteiger partial charge >= 0.3 is 6.03 Å². The molecule has 2 saturated heterocycles. The van der Waals surface area contributed by atoms with E-state index in [0.717, 1.165) is 19.3 Å². The van der Waals surface area contributed by atoms with E-state index in [9.17, 15) is 13.2 Å². The number of hydrogen-bond donors (Lipinski definition) is 1. The predicted octanol–water partition coefficient (Wildman–Crippen LogP) is 1.35. The zero-order chi connectivity index (χ0) is 17.9. The minimum atomic E-state index is -3.36. The van der Waals surface area contributed by atoms with Gasteiger partial charge in [0, 0.05) is 56.6 Å². The molecule has 2 fully saturated rings. The largest absolute Gasteiger partial charge is 0.335 e. The highest BCUT2D eigenvalue weighted by atomic mass is 32.2. The van der Waals surface area contributed by atoms with Crippen molar-refractivity contribution in [3.8, 4) is 0 Å². The second-order valence-electron chi connectivity index (χ2n) is 6.63. The number of rotatable bonds is 5. The molecule has 0 aromatic carbocycles. The van der Waals surface area contributed by atoms with Crippen molar-refractivity contribution >= 4 is 27.6 Å². The van der Waals surface area contributed by atoms with Gasteiger partial charge < -0.3 is 10.2 Å². The van der Waals surface area contributed by atoms with Crippen LogP contribution in [0.5, 0.6) is 0 Å². The second kappa shape index (κ2) is 8.03. The molecule has 3 heterocycles. The lowest BCUT2D eigenvalue weighted by Crippen LogP contribution is -2.56. The molecule has 9 heteroatoms. The maximum atomic E-state index is 12.6. The number of nitrogens with one attached hydrogen (secondary N) is 1. The molecule has 140 valence electrons. The van der Waals surface area contributed by atoms with Crippen LogP contribution in [-0.2, 0) is 16.6 Å². The van der Waals surface area contributed by atoms with Gasteiger partial charge in [0.1, 0.15) is 0 Å². The molecule has 0 saturated carbocycles. The van der Waals surface area contributed by atoms with Crippen LogP contribution in [0, 0.1) is 0 Å². The first-order valence-corrected chi connectivity index (χ1v) is 11.1. The van der Waals surface area contributed by atoms with E-state index in [4.69, 9.17) is 0 Å². The fourth-order valence-electron chi connectivity index (χ4n) is 3.29. The maximum absolute atomic E-state index is 12.6. The van der Waals surface area contributed by atoms with Crippen LogP contribution in [0.4, 0.5) is 4.79 Å². The lowest BCUT2D eigenvalue weighted by Gasteiger charge is -2.36. The molecule has 1 atom stereocenters. The van der Waals surface area contributed by atoms with E-state index >= 15 is 0 Å². The van der Waals surface area contributed by atoms with E-state index in [0.29, 0.717) is 39.3 Å². The van der Waals surface area contributed by atoms with Crippen LogP contribution < -0.4 is 5.32 Å². The Bertz CT molecular complexity index is 664. The Kier molecular flexibility index (Phi) is 5.98. The summed E-state index contributed by atoms with van der Waals surface area (Å²) in [6, 6.07) is 4.02. The molecule has 2 aliphatic heterocycles. The van der Waals surface area contributed by atoms with Gasteiger partial charge in [0.05, 0.1) is 0 Å². The Morgan fingerprint density at radius 3 is 2.40 bits per heavy atom. The van der Waals surface area contributed by atoms with Crippen molar-refractivity contribution in [2.45, 2.75) is 32.2 Å². The van der Waals surface area contributed by atoms with E-state index in [1.165, 1.54) is 9.18 Å². The minimum absolute atomic E-state index is 0.0533. The molecule has 1 N–H and O–H groups in total.